The number of hydrogen-bond donors (Lipinski definition) is 3. The van der Waals surface area contributed by atoms with E-state index in [2.05, 4.69) is 27.8 Å². The first-order valence-corrected chi connectivity index (χ1v) is 13.1. The molecule has 2 aliphatic carbocycles. The highest BCUT2D eigenvalue weighted by Gasteiger charge is 2.47. The Hall–Kier alpha value is -4.31. The van der Waals surface area contributed by atoms with Gasteiger partial charge in [0.2, 0.25) is 11.9 Å². The Balaban J connectivity index is 1.30. The van der Waals surface area contributed by atoms with Crippen LogP contribution < -0.4 is 16.4 Å². The number of halogens is 1. The highest BCUT2D eigenvalue weighted by Crippen LogP contribution is 2.45. The van der Waals surface area contributed by atoms with Gasteiger partial charge in [0.15, 0.2) is 0 Å². The lowest BCUT2D eigenvalue weighted by molar-refractivity contribution is -0.122. The quantitative estimate of drug-likeness (QED) is 0.401. The van der Waals surface area contributed by atoms with Gasteiger partial charge in [0, 0.05) is 42.1 Å². The number of nitrogens with zero attached hydrogens (tertiary/aromatic N) is 3. The number of fused-ring (bicyclic) bond motifs is 2. The predicted molar refractivity (Wildman–Crippen MR) is 145 cm³/mol. The molecule has 1 saturated carbocycles. The number of benzene rings is 2. The van der Waals surface area contributed by atoms with Gasteiger partial charge in [-0.1, -0.05) is 30.4 Å². The van der Waals surface area contributed by atoms with Gasteiger partial charge in [-0.05, 0) is 54.2 Å². The van der Waals surface area contributed by atoms with Crippen molar-refractivity contribution in [2.24, 2.45) is 23.5 Å². The van der Waals surface area contributed by atoms with Crippen molar-refractivity contribution in [1.29, 1.82) is 0 Å². The zero-order valence-electron chi connectivity index (χ0n) is 21.2. The van der Waals surface area contributed by atoms with Crippen LogP contribution in [-0.2, 0) is 9.53 Å². The summed E-state index contributed by atoms with van der Waals surface area (Å²) in [4.78, 5) is 36.3. The second kappa shape index (κ2) is 10.5. The van der Waals surface area contributed by atoms with Crippen LogP contribution in [-0.4, -0.2) is 59.0 Å². The molecule has 4 N–H and O–H groups in total. The van der Waals surface area contributed by atoms with Gasteiger partial charge in [-0.3, -0.25) is 9.59 Å². The SMILES string of the molecule is NC(=O)[C@@H]1[C@H](Nc2nc(Nc3cccc(C(=O)N4CCOCC4)c3)ncc2-c2cccc(F)c2)[C@H]2C=C[C@@H]1C2. The number of aromatic nitrogens is 2. The summed E-state index contributed by atoms with van der Waals surface area (Å²) in [5.41, 5.74) is 8.19. The summed E-state index contributed by atoms with van der Waals surface area (Å²) in [5, 5.41) is 6.64. The molecular weight excluding hydrogens is 499 g/mol. The summed E-state index contributed by atoms with van der Waals surface area (Å²) in [7, 11) is 0. The fourth-order valence-corrected chi connectivity index (χ4v) is 5.79. The number of amides is 2. The molecular formula is C29H29FN6O3. The highest BCUT2D eigenvalue weighted by atomic mass is 19.1. The lowest BCUT2D eigenvalue weighted by atomic mass is 9.88. The minimum absolute atomic E-state index is 0.0616. The Morgan fingerprint density at radius 3 is 2.64 bits per heavy atom. The van der Waals surface area contributed by atoms with Crippen molar-refractivity contribution in [3.8, 4) is 11.1 Å². The van der Waals surface area contributed by atoms with E-state index in [1.54, 1.807) is 41.4 Å². The van der Waals surface area contributed by atoms with E-state index in [9.17, 15) is 14.0 Å². The van der Waals surface area contributed by atoms with E-state index in [0.29, 0.717) is 60.4 Å². The fourth-order valence-electron chi connectivity index (χ4n) is 5.79. The van der Waals surface area contributed by atoms with Gasteiger partial charge in [-0.15, -0.1) is 0 Å². The maximum atomic E-state index is 14.1. The number of carbonyl (C=O) groups is 2. The molecule has 1 aromatic heterocycles. The smallest absolute Gasteiger partial charge is 0.254 e. The normalized spacial score (nSPS) is 23.6. The molecule has 200 valence electrons. The predicted octanol–water partition coefficient (Wildman–Crippen LogP) is 3.59. The van der Waals surface area contributed by atoms with Gasteiger partial charge in [0.1, 0.15) is 11.6 Å². The number of nitrogens with two attached hydrogens (primary N) is 1. The van der Waals surface area contributed by atoms with Crippen molar-refractivity contribution in [1.82, 2.24) is 14.9 Å². The van der Waals surface area contributed by atoms with Gasteiger partial charge in [-0.2, -0.15) is 4.98 Å². The van der Waals surface area contributed by atoms with E-state index in [-0.39, 0.29) is 41.4 Å². The Morgan fingerprint density at radius 1 is 1.05 bits per heavy atom. The molecule has 3 aliphatic rings. The van der Waals surface area contributed by atoms with Gasteiger partial charge in [-0.25, -0.2) is 9.37 Å². The topological polar surface area (TPSA) is 122 Å². The van der Waals surface area contributed by atoms with Crippen LogP contribution in [0.4, 0.5) is 21.8 Å². The molecule has 2 amide bonds. The second-order valence-electron chi connectivity index (χ2n) is 10.1. The molecule has 0 radical (unpaired) electrons. The summed E-state index contributed by atoms with van der Waals surface area (Å²) in [6.07, 6.45) is 6.64. The van der Waals surface area contributed by atoms with Crippen LogP contribution in [0, 0.1) is 23.6 Å². The van der Waals surface area contributed by atoms with Crippen molar-refractivity contribution in [2.45, 2.75) is 12.5 Å². The first-order chi connectivity index (χ1) is 19.0. The summed E-state index contributed by atoms with van der Waals surface area (Å²) >= 11 is 0. The molecule has 10 heteroatoms. The zero-order valence-corrected chi connectivity index (χ0v) is 21.2. The maximum absolute atomic E-state index is 14.1. The number of anilines is 3. The second-order valence-corrected chi connectivity index (χ2v) is 10.1. The summed E-state index contributed by atoms with van der Waals surface area (Å²) in [6.45, 7) is 2.17. The molecule has 2 bridgehead atoms. The number of hydrogen-bond acceptors (Lipinski definition) is 7. The van der Waals surface area contributed by atoms with Crippen LogP contribution in [0.3, 0.4) is 0 Å². The van der Waals surface area contributed by atoms with Crippen LogP contribution in [0.2, 0.25) is 0 Å². The fraction of sp³-hybridized carbons (Fsp3) is 0.310. The van der Waals surface area contributed by atoms with Crippen LogP contribution in [0.15, 0.2) is 66.9 Å². The Labute approximate surface area is 225 Å². The van der Waals surface area contributed by atoms with Crippen molar-refractivity contribution >= 4 is 29.3 Å². The number of primary amides is 1. The molecule has 6 rings (SSSR count). The zero-order chi connectivity index (χ0) is 26.9. The molecule has 3 aromatic rings. The molecule has 1 aliphatic heterocycles. The Bertz CT molecular complexity index is 1440. The third kappa shape index (κ3) is 5.07. The highest BCUT2D eigenvalue weighted by molar-refractivity contribution is 5.95. The Morgan fingerprint density at radius 2 is 1.85 bits per heavy atom. The lowest BCUT2D eigenvalue weighted by Crippen LogP contribution is -2.41. The molecule has 2 fully saturated rings. The van der Waals surface area contributed by atoms with E-state index in [4.69, 9.17) is 15.5 Å². The largest absolute Gasteiger partial charge is 0.378 e. The van der Waals surface area contributed by atoms with Gasteiger partial charge >= 0.3 is 0 Å². The van der Waals surface area contributed by atoms with E-state index in [1.807, 2.05) is 6.07 Å². The maximum Gasteiger partial charge on any atom is 0.254 e. The number of morpholine rings is 1. The first kappa shape index (κ1) is 25.0. The standard InChI is InChI=1S/C29H29FN6O3/c30-21-5-1-3-17(14-21)23-16-32-29(35-27(23)34-25-19-8-7-18(13-19)24(25)26(31)37)33-22-6-2-4-20(15-22)28(38)36-9-11-39-12-10-36/h1-8,14-16,18-19,24-25H,9-13H2,(H2,31,37)(H2,32,33,34,35)/t18-,19+,24+,25-/m1/s1. The number of nitrogens with one attached hydrogen (secondary N) is 2. The third-order valence-electron chi connectivity index (χ3n) is 7.68. The van der Waals surface area contributed by atoms with E-state index < -0.39 is 0 Å². The van der Waals surface area contributed by atoms with Crippen LogP contribution >= 0.6 is 0 Å². The Kier molecular flexibility index (Phi) is 6.70. The minimum atomic E-state index is -0.375. The van der Waals surface area contributed by atoms with E-state index in [0.717, 1.165) is 6.42 Å². The van der Waals surface area contributed by atoms with E-state index in [1.165, 1.54) is 12.1 Å². The lowest BCUT2D eigenvalue weighted by Gasteiger charge is -2.28. The van der Waals surface area contributed by atoms with Crippen molar-refractivity contribution in [2.75, 3.05) is 36.9 Å². The summed E-state index contributed by atoms with van der Waals surface area (Å²) < 4.78 is 19.5. The van der Waals surface area contributed by atoms with Crippen molar-refractivity contribution < 1.29 is 18.7 Å². The molecule has 0 unspecified atom stereocenters. The molecule has 9 nitrogen and oxygen atoms in total. The molecule has 0 spiro atoms. The van der Waals surface area contributed by atoms with Crippen molar-refractivity contribution in [3.63, 3.8) is 0 Å². The average molecular weight is 529 g/mol. The van der Waals surface area contributed by atoms with Gasteiger partial charge in [0.05, 0.1) is 19.1 Å². The van der Waals surface area contributed by atoms with E-state index >= 15 is 0 Å². The summed E-state index contributed by atoms with van der Waals surface area (Å²) in [5.74, 6) is -0.163. The third-order valence-corrected chi connectivity index (χ3v) is 7.68. The van der Waals surface area contributed by atoms with Crippen LogP contribution in [0.1, 0.15) is 16.8 Å². The molecule has 1 saturated heterocycles. The average Bonchev–Trinajstić information content (AvgIpc) is 3.56. The molecule has 2 aromatic carbocycles. The first-order valence-electron chi connectivity index (χ1n) is 13.1. The number of allylic oxidation sites excluding steroid dienone is 1. The summed E-state index contributed by atoms with van der Waals surface area (Å²) in [6, 6.07) is 13.1. The van der Waals surface area contributed by atoms with Gasteiger partial charge < -0.3 is 26.0 Å². The number of ether oxygens (including phenoxy) is 1. The molecule has 2 heterocycles. The van der Waals surface area contributed by atoms with Crippen LogP contribution in [0.25, 0.3) is 11.1 Å². The van der Waals surface area contributed by atoms with Crippen LogP contribution in [0.5, 0.6) is 0 Å². The molecule has 39 heavy (non-hydrogen) atoms. The minimum Gasteiger partial charge on any atom is -0.378 e. The molecule has 4 atom stereocenters. The van der Waals surface area contributed by atoms with Gasteiger partial charge in [0.25, 0.3) is 5.91 Å². The number of rotatable bonds is 7. The van der Waals surface area contributed by atoms with Crippen molar-refractivity contribution in [3.05, 3.63) is 78.3 Å². The number of carbonyl (C=O) groups excluding carboxylic acids is 2. The monoisotopic (exact) mass is 528 g/mol.